The number of imide groups is 1. The second-order valence-corrected chi connectivity index (χ2v) is 8.22. The number of nitrogens with one attached hydrogen (secondary N) is 1. The van der Waals surface area contributed by atoms with Gasteiger partial charge < -0.3 is 10.2 Å². The lowest BCUT2D eigenvalue weighted by molar-refractivity contribution is -0.140. The van der Waals surface area contributed by atoms with Crippen LogP contribution in [0.1, 0.15) is 51.4 Å². The molecule has 3 fully saturated rings. The Morgan fingerprint density at radius 1 is 0.893 bits per heavy atom. The molecule has 3 amide bonds. The number of nitrogens with zero attached hydrogens (tertiary/aromatic N) is 2. The highest BCUT2D eigenvalue weighted by molar-refractivity contribution is 6.05. The van der Waals surface area contributed by atoms with E-state index in [1.165, 1.54) is 29.8 Å². The number of rotatable bonds is 5. The van der Waals surface area contributed by atoms with Crippen molar-refractivity contribution in [3.63, 3.8) is 0 Å². The molecule has 1 N–H and O–H groups in total. The van der Waals surface area contributed by atoms with Crippen molar-refractivity contribution < 1.29 is 14.4 Å². The Labute approximate surface area is 166 Å². The molecule has 6 heteroatoms. The maximum absolute atomic E-state index is 12.5. The van der Waals surface area contributed by atoms with Gasteiger partial charge in [-0.1, -0.05) is 12.8 Å². The fraction of sp³-hybridized carbons (Fsp3) is 0.591. The van der Waals surface area contributed by atoms with Crippen molar-refractivity contribution in [1.29, 1.82) is 0 Å². The lowest BCUT2D eigenvalue weighted by Crippen LogP contribution is -2.34. The van der Waals surface area contributed by atoms with Crippen molar-refractivity contribution in [3.8, 4) is 0 Å². The molecule has 2 aliphatic heterocycles. The van der Waals surface area contributed by atoms with Crippen LogP contribution in [0.15, 0.2) is 24.3 Å². The van der Waals surface area contributed by atoms with Gasteiger partial charge in [0, 0.05) is 37.4 Å². The second kappa shape index (κ2) is 8.33. The number of hydrogen-bond acceptors (Lipinski definition) is 4. The third kappa shape index (κ3) is 3.91. The van der Waals surface area contributed by atoms with E-state index in [-0.39, 0.29) is 42.5 Å². The summed E-state index contributed by atoms with van der Waals surface area (Å²) in [5.74, 6) is -0.610. The summed E-state index contributed by atoms with van der Waals surface area (Å²) in [6, 6.07) is 7.92. The van der Waals surface area contributed by atoms with Gasteiger partial charge in [-0.2, -0.15) is 0 Å². The molecular formula is C22H29N3O3. The predicted octanol–water partition coefficient (Wildman–Crippen LogP) is 3.18. The molecule has 0 spiro atoms. The van der Waals surface area contributed by atoms with Crippen LogP contribution in [0.25, 0.3) is 0 Å². The normalized spacial score (nSPS) is 25.0. The maximum Gasteiger partial charge on any atom is 0.233 e. The molecule has 1 saturated carbocycles. The molecule has 150 valence electrons. The molecule has 0 bridgehead atoms. The van der Waals surface area contributed by atoms with Crippen LogP contribution >= 0.6 is 0 Å². The van der Waals surface area contributed by atoms with Crippen LogP contribution in [0.4, 0.5) is 11.4 Å². The van der Waals surface area contributed by atoms with E-state index in [0.717, 1.165) is 44.5 Å². The summed E-state index contributed by atoms with van der Waals surface area (Å²) in [6.07, 6.45) is 7.55. The molecular weight excluding hydrogens is 354 g/mol. The van der Waals surface area contributed by atoms with E-state index >= 15 is 0 Å². The van der Waals surface area contributed by atoms with Crippen LogP contribution in [-0.2, 0) is 14.4 Å². The molecule has 6 nitrogen and oxygen atoms in total. The standard InChI is InChI=1S/C22H29N3O3/c26-20(12-15-25-21(27)18-6-2-3-7-19(18)22(25)28)23-16-8-10-17(11-9-16)24-13-4-1-5-14-24/h8-11,18-19H,1-7,12-15H2,(H,23,26). The minimum absolute atomic E-state index is 0.0756. The van der Waals surface area contributed by atoms with E-state index in [1.807, 2.05) is 24.3 Å². The molecule has 0 aromatic heterocycles. The first-order valence-electron chi connectivity index (χ1n) is 10.6. The van der Waals surface area contributed by atoms with Crippen LogP contribution in [0.5, 0.6) is 0 Å². The van der Waals surface area contributed by atoms with Gasteiger partial charge in [-0.05, 0) is 56.4 Å². The van der Waals surface area contributed by atoms with Crippen molar-refractivity contribution in [1.82, 2.24) is 4.90 Å². The molecule has 0 radical (unpaired) electrons. The van der Waals surface area contributed by atoms with Gasteiger partial charge in [-0.3, -0.25) is 19.3 Å². The Hall–Kier alpha value is -2.37. The van der Waals surface area contributed by atoms with Crippen LogP contribution in [-0.4, -0.2) is 42.3 Å². The van der Waals surface area contributed by atoms with Crippen LogP contribution in [0.2, 0.25) is 0 Å². The van der Waals surface area contributed by atoms with Crippen LogP contribution in [0.3, 0.4) is 0 Å². The molecule has 2 heterocycles. The Bertz CT molecular complexity index is 716. The average Bonchev–Trinajstić information content (AvgIpc) is 2.98. The molecule has 1 aromatic rings. The summed E-state index contributed by atoms with van der Waals surface area (Å²) in [5, 5.41) is 2.88. The number of likely N-dealkylation sites (tertiary alicyclic amines) is 1. The van der Waals surface area contributed by atoms with Crippen molar-refractivity contribution in [2.75, 3.05) is 29.9 Å². The van der Waals surface area contributed by atoms with E-state index < -0.39 is 0 Å². The monoisotopic (exact) mass is 383 g/mol. The third-order valence-electron chi connectivity index (χ3n) is 6.37. The highest BCUT2D eigenvalue weighted by atomic mass is 16.2. The van der Waals surface area contributed by atoms with Gasteiger partial charge in [0.25, 0.3) is 0 Å². The molecule has 4 rings (SSSR count). The Kier molecular flexibility index (Phi) is 5.64. The highest BCUT2D eigenvalue weighted by Gasteiger charge is 2.47. The van der Waals surface area contributed by atoms with E-state index in [9.17, 15) is 14.4 Å². The summed E-state index contributed by atoms with van der Waals surface area (Å²) in [4.78, 5) is 41.0. The topological polar surface area (TPSA) is 69.7 Å². The first kappa shape index (κ1) is 19.0. The SMILES string of the molecule is O=C(CCN1C(=O)C2CCCCC2C1=O)Nc1ccc(N2CCCCC2)cc1. The number of hydrogen-bond donors (Lipinski definition) is 1. The third-order valence-corrected chi connectivity index (χ3v) is 6.37. The fourth-order valence-corrected chi connectivity index (χ4v) is 4.80. The summed E-state index contributed by atoms with van der Waals surface area (Å²) >= 11 is 0. The summed E-state index contributed by atoms with van der Waals surface area (Å²) in [7, 11) is 0. The van der Waals surface area contributed by atoms with Gasteiger partial charge in [-0.15, -0.1) is 0 Å². The second-order valence-electron chi connectivity index (χ2n) is 8.22. The zero-order valence-electron chi connectivity index (χ0n) is 16.4. The van der Waals surface area contributed by atoms with Gasteiger partial charge in [0.05, 0.1) is 11.8 Å². The van der Waals surface area contributed by atoms with E-state index in [2.05, 4.69) is 10.2 Å². The Balaban J connectivity index is 1.28. The first-order valence-corrected chi connectivity index (χ1v) is 10.6. The Morgan fingerprint density at radius 2 is 1.50 bits per heavy atom. The molecule has 2 saturated heterocycles. The molecule has 2 unspecified atom stereocenters. The Morgan fingerprint density at radius 3 is 2.11 bits per heavy atom. The lowest BCUT2D eigenvalue weighted by atomic mass is 9.81. The highest BCUT2D eigenvalue weighted by Crippen LogP contribution is 2.38. The summed E-state index contributed by atoms with van der Waals surface area (Å²) in [6.45, 7) is 2.36. The maximum atomic E-state index is 12.5. The van der Waals surface area contributed by atoms with Crippen LogP contribution in [0, 0.1) is 11.8 Å². The summed E-state index contributed by atoms with van der Waals surface area (Å²) < 4.78 is 0. The van der Waals surface area contributed by atoms with Gasteiger partial charge in [0.15, 0.2) is 0 Å². The van der Waals surface area contributed by atoms with Crippen molar-refractivity contribution in [3.05, 3.63) is 24.3 Å². The van der Waals surface area contributed by atoms with Crippen molar-refractivity contribution in [2.24, 2.45) is 11.8 Å². The van der Waals surface area contributed by atoms with Gasteiger partial charge in [0.2, 0.25) is 17.7 Å². The van der Waals surface area contributed by atoms with E-state index in [1.54, 1.807) is 0 Å². The van der Waals surface area contributed by atoms with Crippen LogP contribution < -0.4 is 10.2 Å². The zero-order valence-corrected chi connectivity index (χ0v) is 16.4. The molecule has 3 aliphatic rings. The van der Waals surface area contributed by atoms with E-state index in [4.69, 9.17) is 0 Å². The lowest BCUT2D eigenvalue weighted by Gasteiger charge is -2.28. The number of carbonyl (C=O) groups excluding carboxylic acids is 3. The van der Waals surface area contributed by atoms with Gasteiger partial charge >= 0.3 is 0 Å². The minimum Gasteiger partial charge on any atom is -0.372 e. The minimum atomic E-state index is -0.166. The number of anilines is 2. The quantitative estimate of drug-likeness (QED) is 0.793. The number of amides is 3. The van der Waals surface area contributed by atoms with Crippen molar-refractivity contribution in [2.45, 2.75) is 51.4 Å². The van der Waals surface area contributed by atoms with Crippen molar-refractivity contribution >= 4 is 29.1 Å². The summed E-state index contributed by atoms with van der Waals surface area (Å²) in [5.41, 5.74) is 1.94. The zero-order chi connectivity index (χ0) is 19.5. The fourth-order valence-electron chi connectivity index (χ4n) is 4.80. The number of fused-ring (bicyclic) bond motifs is 1. The predicted molar refractivity (Wildman–Crippen MR) is 108 cm³/mol. The molecule has 2 atom stereocenters. The smallest absolute Gasteiger partial charge is 0.233 e. The van der Waals surface area contributed by atoms with E-state index in [0.29, 0.717) is 0 Å². The number of benzene rings is 1. The number of carbonyl (C=O) groups is 3. The molecule has 1 aliphatic carbocycles. The first-order chi connectivity index (χ1) is 13.6. The van der Waals surface area contributed by atoms with Gasteiger partial charge in [0.1, 0.15) is 0 Å². The molecule has 28 heavy (non-hydrogen) atoms. The number of piperidine rings is 1. The average molecular weight is 383 g/mol. The largest absolute Gasteiger partial charge is 0.372 e. The van der Waals surface area contributed by atoms with Gasteiger partial charge in [-0.25, -0.2) is 0 Å². The molecule has 1 aromatic carbocycles.